The van der Waals surface area contributed by atoms with Crippen LogP contribution < -0.4 is 5.32 Å². The van der Waals surface area contributed by atoms with Crippen molar-refractivity contribution in [2.45, 2.75) is 36.5 Å². The van der Waals surface area contributed by atoms with Crippen molar-refractivity contribution >= 4 is 17.7 Å². The first kappa shape index (κ1) is 16.6. The van der Waals surface area contributed by atoms with Crippen molar-refractivity contribution in [2.75, 3.05) is 18.8 Å². The number of hydrogen-bond acceptors (Lipinski definition) is 5. The van der Waals surface area contributed by atoms with Crippen LogP contribution in [0.1, 0.15) is 30.9 Å². The Hall–Kier alpha value is -1.86. The van der Waals surface area contributed by atoms with E-state index in [1.807, 2.05) is 0 Å². The highest BCUT2D eigenvalue weighted by molar-refractivity contribution is 7.99. The first-order valence-electron chi connectivity index (χ1n) is 8.89. The van der Waals surface area contributed by atoms with Crippen molar-refractivity contribution in [3.63, 3.8) is 0 Å². The normalized spacial score (nSPS) is 25.8. The van der Waals surface area contributed by atoms with Gasteiger partial charge in [0.2, 0.25) is 5.91 Å². The lowest BCUT2D eigenvalue weighted by atomic mass is 9.93. The van der Waals surface area contributed by atoms with Gasteiger partial charge in [-0.15, -0.1) is 0 Å². The summed E-state index contributed by atoms with van der Waals surface area (Å²) < 4.78 is 0. The van der Waals surface area contributed by atoms with Crippen LogP contribution in [-0.2, 0) is 4.79 Å². The van der Waals surface area contributed by atoms with E-state index >= 15 is 0 Å². The molecule has 1 aromatic heterocycles. The van der Waals surface area contributed by atoms with Crippen LogP contribution in [0.25, 0.3) is 0 Å². The molecule has 1 amide bonds. The number of rotatable bonds is 6. The minimum absolute atomic E-state index is 0.1000. The van der Waals surface area contributed by atoms with Crippen LogP contribution in [0.5, 0.6) is 0 Å². The zero-order valence-corrected chi connectivity index (χ0v) is 14.9. The molecule has 7 heteroatoms. The summed E-state index contributed by atoms with van der Waals surface area (Å²) in [6, 6.07) is 11.4. The van der Waals surface area contributed by atoms with Crippen molar-refractivity contribution in [3.8, 4) is 0 Å². The van der Waals surface area contributed by atoms with E-state index in [0.29, 0.717) is 18.6 Å². The number of amides is 1. The molecular weight excluding hydrogens is 334 g/mol. The van der Waals surface area contributed by atoms with Crippen LogP contribution in [0.3, 0.4) is 0 Å². The zero-order valence-electron chi connectivity index (χ0n) is 14.1. The maximum atomic E-state index is 12.7. The Morgan fingerprint density at radius 1 is 1.36 bits per heavy atom. The Balaban J connectivity index is 1.34. The lowest BCUT2D eigenvalue weighted by Crippen LogP contribution is -2.38. The van der Waals surface area contributed by atoms with E-state index in [1.54, 1.807) is 11.8 Å². The van der Waals surface area contributed by atoms with E-state index in [1.165, 1.54) is 18.3 Å². The summed E-state index contributed by atoms with van der Waals surface area (Å²) in [5.74, 6) is 1.10. The Bertz CT molecular complexity index is 693. The van der Waals surface area contributed by atoms with Gasteiger partial charge in [0.1, 0.15) is 6.33 Å². The van der Waals surface area contributed by atoms with Gasteiger partial charge in [0.25, 0.3) is 0 Å². The maximum absolute atomic E-state index is 12.7. The highest BCUT2D eigenvalue weighted by atomic mass is 32.2. The predicted molar refractivity (Wildman–Crippen MR) is 97.1 cm³/mol. The van der Waals surface area contributed by atoms with Crippen molar-refractivity contribution < 1.29 is 4.79 Å². The Kier molecular flexibility index (Phi) is 5.03. The molecule has 2 N–H and O–H groups in total. The third kappa shape index (κ3) is 3.57. The number of nitrogens with one attached hydrogen (secondary N) is 2. The lowest BCUT2D eigenvalue weighted by molar-refractivity contribution is -0.125. The number of aromatic amines is 1. The second-order valence-electron chi connectivity index (χ2n) is 6.65. The summed E-state index contributed by atoms with van der Waals surface area (Å²) in [4.78, 5) is 19.4. The number of nitrogens with zero attached hydrogens (tertiary/aromatic N) is 3. The van der Waals surface area contributed by atoms with E-state index in [9.17, 15) is 4.79 Å². The van der Waals surface area contributed by atoms with E-state index in [4.69, 9.17) is 0 Å². The quantitative estimate of drug-likeness (QED) is 0.613. The van der Waals surface area contributed by atoms with Gasteiger partial charge in [-0.2, -0.15) is 5.10 Å². The van der Waals surface area contributed by atoms with Gasteiger partial charge in [0.15, 0.2) is 5.16 Å². The van der Waals surface area contributed by atoms with E-state index in [-0.39, 0.29) is 11.8 Å². The van der Waals surface area contributed by atoms with Gasteiger partial charge in [-0.25, -0.2) is 4.98 Å². The first-order valence-corrected chi connectivity index (χ1v) is 9.88. The first-order chi connectivity index (χ1) is 12.3. The lowest BCUT2D eigenvalue weighted by Gasteiger charge is -2.24. The van der Waals surface area contributed by atoms with Crippen LogP contribution in [0.2, 0.25) is 0 Å². The molecule has 0 unspecified atom stereocenters. The molecule has 2 aliphatic rings. The molecule has 2 saturated heterocycles. The highest BCUT2D eigenvalue weighted by Gasteiger charge is 2.46. The number of carbonyl (C=O) groups excluding carboxylic acids is 1. The number of carbonyl (C=O) groups is 1. The molecule has 2 aromatic rings. The summed E-state index contributed by atoms with van der Waals surface area (Å²) in [6.45, 7) is 1.76. The minimum atomic E-state index is 0.1000. The monoisotopic (exact) mass is 357 g/mol. The van der Waals surface area contributed by atoms with Crippen LogP contribution >= 0.6 is 11.8 Å². The summed E-state index contributed by atoms with van der Waals surface area (Å²) in [7, 11) is 0. The molecule has 0 spiro atoms. The molecule has 2 aliphatic heterocycles. The molecule has 0 aliphatic carbocycles. The van der Waals surface area contributed by atoms with Gasteiger partial charge in [-0.1, -0.05) is 42.1 Å². The number of thioether (sulfide) groups is 1. The number of benzene rings is 1. The number of H-pyrrole nitrogens is 1. The molecule has 132 valence electrons. The predicted octanol–water partition coefficient (Wildman–Crippen LogP) is 2.24. The van der Waals surface area contributed by atoms with Gasteiger partial charge in [-0.05, 0) is 31.4 Å². The maximum Gasteiger partial charge on any atom is 0.224 e. The number of aromatic nitrogens is 3. The van der Waals surface area contributed by atoms with Gasteiger partial charge in [-0.3, -0.25) is 14.8 Å². The summed E-state index contributed by atoms with van der Waals surface area (Å²) in [5.41, 5.74) is 1.34. The zero-order chi connectivity index (χ0) is 17.1. The topological polar surface area (TPSA) is 73.9 Å². The second-order valence-corrected chi connectivity index (χ2v) is 7.73. The van der Waals surface area contributed by atoms with E-state index in [0.717, 1.165) is 30.3 Å². The van der Waals surface area contributed by atoms with Gasteiger partial charge in [0.05, 0.1) is 5.92 Å². The molecule has 0 radical (unpaired) electrons. The minimum Gasteiger partial charge on any atom is -0.355 e. The summed E-state index contributed by atoms with van der Waals surface area (Å²) in [6.07, 6.45) is 4.75. The van der Waals surface area contributed by atoms with Crippen LogP contribution in [-0.4, -0.2) is 50.9 Å². The van der Waals surface area contributed by atoms with Gasteiger partial charge >= 0.3 is 0 Å². The Labute approximate surface area is 151 Å². The molecule has 4 rings (SSSR count). The molecule has 3 atom stereocenters. The molecule has 2 fully saturated rings. The largest absolute Gasteiger partial charge is 0.355 e. The second kappa shape index (κ2) is 7.58. The number of fused-ring (bicyclic) bond motifs is 1. The number of hydrogen-bond donors (Lipinski definition) is 2. The van der Waals surface area contributed by atoms with Gasteiger partial charge in [0, 0.05) is 24.4 Å². The average molecular weight is 357 g/mol. The third-order valence-corrected chi connectivity index (χ3v) is 6.12. The standard InChI is InChI=1S/C18H23N5OS/c24-17(19-8-10-25-18-20-12-21-22-18)14-11-16(13-5-2-1-3-6-13)23-9-4-7-15(14)23/h1-3,5-6,12,14-16H,4,7-11H2,(H,19,24)(H,20,21,22)/t14-,15+,16-/m0/s1. The van der Waals surface area contributed by atoms with Crippen molar-refractivity contribution in [2.24, 2.45) is 5.92 Å². The summed E-state index contributed by atoms with van der Waals surface area (Å²) in [5, 5.41) is 10.6. The molecule has 1 aromatic carbocycles. The smallest absolute Gasteiger partial charge is 0.224 e. The highest BCUT2D eigenvalue weighted by Crippen LogP contribution is 2.44. The molecule has 6 nitrogen and oxygen atoms in total. The Morgan fingerprint density at radius 2 is 2.24 bits per heavy atom. The van der Waals surface area contributed by atoms with Crippen molar-refractivity contribution in [1.82, 2.24) is 25.4 Å². The van der Waals surface area contributed by atoms with Crippen LogP contribution in [0.15, 0.2) is 41.8 Å². The fraction of sp³-hybridized carbons (Fsp3) is 0.500. The molecule has 0 saturated carbocycles. The van der Waals surface area contributed by atoms with Crippen molar-refractivity contribution in [3.05, 3.63) is 42.2 Å². The molecular formula is C18H23N5OS. The van der Waals surface area contributed by atoms with Crippen molar-refractivity contribution in [1.29, 1.82) is 0 Å². The van der Waals surface area contributed by atoms with E-state index in [2.05, 4.69) is 55.7 Å². The van der Waals surface area contributed by atoms with Crippen LogP contribution in [0, 0.1) is 5.92 Å². The molecule has 0 bridgehead atoms. The van der Waals surface area contributed by atoms with Crippen LogP contribution in [0.4, 0.5) is 0 Å². The molecule has 3 heterocycles. The third-order valence-electron chi connectivity index (χ3n) is 5.24. The van der Waals surface area contributed by atoms with Gasteiger partial charge < -0.3 is 5.32 Å². The molecule has 25 heavy (non-hydrogen) atoms. The summed E-state index contributed by atoms with van der Waals surface area (Å²) >= 11 is 1.57. The van der Waals surface area contributed by atoms with E-state index < -0.39 is 0 Å². The Morgan fingerprint density at radius 3 is 3.04 bits per heavy atom. The fourth-order valence-electron chi connectivity index (χ4n) is 4.17. The average Bonchev–Trinajstić information content (AvgIpc) is 3.36. The fourth-order valence-corrected chi connectivity index (χ4v) is 4.80. The SMILES string of the molecule is O=C(NCCSc1ncn[nH]1)[C@H]1C[C@@H](c2ccccc2)N2CCC[C@H]12.